The molecule has 0 fully saturated rings. The minimum atomic E-state index is 0.985. The van der Waals surface area contributed by atoms with Crippen molar-refractivity contribution >= 4 is 11.3 Å². The summed E-state index contributed by atoms with van der Waals surface area (Å²) >= 11 is 1.74. The molecule has 2 rings (SSSR count). The van der Waals surface area contributed by atoms with E-state index in [9.17, 15) is 0 Å². The molecule has 0 unspecified atom stereocenters. The van der Waals surface area contributed by atoms with Crippen LogP contribution in [-0.2, 0) is 6.54 Å². The number of imidazole rings is 1. The molecule has 0 saturated carbocycles. The summed E-state index contributed by atoms with van der Waals surface area (Å²) in [5.41, 5.74) is 0. The van der Waals surface area contributed by atoms with E-state index in [-0.39, 0.29) is 0 Å². The standard InChI is InChI=1S/C14H21N3S/c1-2-3-4-7-15-8-10-17-11-9-16-14(17)13-6-5-12-18-13/h5-6,9,11-12,15H,2-4,7-8,10H2,1H3. The number of thiophene rings is 1. The van der Waals surface area contributed by atoms with Gasteiger partial charge in [-0.15, -0.1) is 11.3 Å². The molecule has 0 amide bonds. The molecule has 18 heavy (non-hydrogen) atoms. The lowest BCUT2D eigenvalue weighted by Gasteiger charge is -2.07. The molecule has 0 bridgehead atoms. The van der Waals surface area contributed by atoms with Gasteiger partial charge in [0.05, 0.1) is 4.88 Å². The Labute approximate surface area is 113 Å². The molecule has 0 aliphatic rings. The van der Waals surface area contributed by atoms with Crippen molar-refractivity contribution in [1.82, 2.24) is 14.9 Å². The molecule has 4 heteroatoms. The summed E-state index contributed by atoms with van der Waals surface area (Å²) in [4.78, 5) is 5.67. The molecule has 0 aliphatic carbocycles. The van der Waals surface area contributed by atoms with Crippen molar-refractivity contribution in [3.05, 3.63) is 29.9 Å². The molecule has 0 aliphatic heterocycles. The number of hydrogen-bond acceptors (Lipinski definition) is 3. The molecule has 3 nitrogen and oxygen atoms in total. The van der Waals surface area contributed by atoms with Crippen molar-refractivity contribution in [2.45, 2.75) is 32.7 Å². The van der Waals surface area contributed by atoms with Gasteiger partial charge in [0.15, 0.2) is 0 Å². The van der Waals surface area contributed by atoms with Crippen LogP contribution < -0.4 is 5.32 Å². The van der Waals surface area contributed by atoms with E-state index < -0.39 is 0 Å². The Morgan fingerprint density at radius 2 is 2.28 bits per heavy atom. The second-order valence-electron chi connectivity index (χ2n) is 4.38. The summed E-state index contributed by atoms with van der Waals surface area (Å²) in [5, 5.41) is 5.58. The maximum Gasteiger partial charge on any atom is 0.150 e. The lowest BCUT2D eigenvalue weighted by molar-refractivity contribution is 0.572. The van der Waals surface area contributed by atoms with E-state index in [1.54, 1.807) is 11.3 Å². The van der Waals surface area contributed by atoms with Crippen molar-refractivity contribution in [2.24, 2.45) is 0 Å². The highest BCUT2D eigenvalue weighted by molar-refractivity contribution is 7.13. The first-order chi connectivity index (χ1) is 8.92. The molecular weight excluding hydrogens is 242 g/mol. The van der Waals surface area contributed by atoms with Crippen LogP contribution >= 0.6 is 11.3 Å². The van der Waals surface area contributed by atoms with Gasteiger partial charge in [-0.2, -0.15) is 0 Å². The van der Waals surface area contributed by atoms with Gasteiger partial charge in [-0.25, -0.2) is 4.98 Å². The largest absolute Gasteiger partial charge is 0.329 e. The highest BCUT2D eigenvalue weighted by atomic mass is 32.1. The number of nitrogens with one attached hydrogen (secondary N) is 1. The van der Waals surface area contributed by atoms with Crippen molar-refractivity contribution in [3.8, 4) is 10.7 Å². The van der Waals surface area contributed by atoms with Crippen LogP contribution in [0.1, 0.15) is 26.2 Å². The highest BCUT2D eigenvalue weighted by Crippen LogP contribution is 2.22. The lowest BCUT2D eigenvalue weighted by Crippen LogP contribution is -2.21. The third kappa shape index (κ3) is 3.68. The number of rotatable bonds is 8. The molecule has 1 N–H and O–H groups in total. The monoisotopic (exact) mass is 263 g/mol. The Morgan fingerprint density at radius 1 is 1.33 bits per heavy atom. The molecule has 0 atom stereocenters. The first-order valence-corrected chi connectivity index (χ1v) is 7.55. The summed E-state index contributed by atoms with van der Waals surface area (Å²) in [7, 11) is 0. The lowest BCUT2D eigenvalue weighted by atomic mass is 10.2. The number of hydrogen-bond donors (Lipinski definition) is 1. The number of nitrogens with zero attached hydrogens (tertiary/aromatic N) is 2. The first kappa shape index (κ1) is 13.3. The average molecular weight is 263 g/mol. The minimum Gasteiger partial charge on any atom is -0.329 e. The third-order valence-electron chi connectivity index (χ3n) is 2.94. The Bertz CT molecular complexity index is 434. The van der Waals surface area contributed by atoms with Crippen LogP contribution in [-0.4, -0.2) is 22.6 Å². The second kappa shape index (κ2) is 7.34. The van der Waals surface area contributed by atoms with Crippen molar-refractivity contribution in [2.75, 3.05) is 13.1 Å². The Kier molecular flexibility index (Phi) is 5.42. The SMILES string of the molecule is CCCCCNCCn1ccnc1-c1cccs1. The third-order valence-corrected chi connectivity index (χ3v) is 3.81. The fourth-order valence-electron chi connectivity index (χ4n) is 1.95. The molecular formula is C14H21N3S. The molecule has 2 aromatic rings. The predicted octanol–water partition coefficient (Wildman–Crippen LogP) is 3.39. The molecule has 0 radical (unpaired) electrons. The summed E-state index contributed by atoms with van der Waals surface area (Å²) in [6.07, 6.45) is 7.82. The molecule has 0 aromatic carbocycles. The van der Waals surface area contributed by atoms with E-state index in [0.29, 0.717) is 0 Å². The molecule has 98 valence electrons. The van der Waals surface area contributed by atoms with Gasteiger partial charge in [0, 0.05) is 25.5 Å². The maximum atomic E-state index is 4.43. The average Bonchev–Trinajstić information content (AvgIpc) is 3.03. The van der Waals surface area contributed by atoms with Gasteiger partial charge in [0.1, 0.15) is 5.82 Å². The van der Waals surface area contributed by atoms with Crippen molar-refractivity contribution in [1.29, 1.82) is 0 Å². The fraction of sp³-hybridized carbons (Fsp3) is 0.500. The van der Waals surface area contributed by atoms with Crippen LogP contribution in [0.4, 0.5) is 0 Å². The van der Waals surface area contributed by atoms with Gasteiger partial charge < -0.3 is 9.88 Å². The van der Waals surface area contributed by atoms with Crippen molar-refractivity contribution < 1.29 is 0 Å². The highest BCUT2D eigenvalue weighted by Gasteiger charge is 2.05. The zero-order valence-electron chi connectivity index (χ0n) is 10.9. The zero-order valence-corrected chi connectivity index (χ0v) is 11.7. The van der Waals surface area contributed by atoms with Gasteiger partial charge in [0.2, 0.25) is 0 Å². The molecule has 0 saturated heterocycles. The number of unbranched alkanes of at least 4 members (excludes halogenated alkanes) is 2. The first-order valence-electron chi connectivity index (χ1n) is 6.67. The molecule has 2 heterocycles. The van der Waals surface area contributed by atoms with E-state index in [4.69, 9.17) is 0 Å². The van der Waals surface area contributed by atoms with Crippen LogP contribution in [0.3, 0.4) is 0 Å². The Morgan fingerprint density at radius 3 is 3.06 bits per heavy atom. The van der Waals surface area contributed by atoms with E-state index in [0.717, 1.165) is 25.5 Å². The predicted molar refractivity (Wildman–Crippen MR) is 77.9 cm³/mol. The van der Waals surface area contributed by atoms with Gasteiger partial charge >= 0.3 is 0 Å². The number of aromatic nitrogens is 2. The summed E-state index contributed by atoms with van der Waals surface area (Å²) < 4.78 is 2.22. The summed E-state index contributed by atoms with van der Waals surface area (Å²) in [5.74, 6) is 1.08. The van der Waals surface area contributed by atoms with Crippen LogP contribution in [0.15, 0.2) is 29.9 Å². The Hall–Kier alpha value is -1.13. The van der Waals surface area contributed by atoms with Crippen molar-refractivity contribution in [3.63, 3.8) is 0 Å². The Balaban J connectivity index is 1.78. The van der Waals surface area contributed by atoms with Crippen LogP contribution in [0.5, 0.6) is 0 Å². The summed E-state index contributed by atoms with van der Waals surface area (Å²) in [6, 6.07) is 4.19. The van der Waals surface area contributed by atoms with Crippen LogP contribution in [0, 0.1) is 0 Å². The topological polar surface area (TPSA) is 29.9 Å². The van der Waals surface area contributed by atoms with Gasteiger partial charge in [-0.05, 0) is 24.4 Å². The normalized spacial score (nSPS) is 10.9. The van der Waals surface area contributed by atoms with Gasteiger partial charge in [-0.1, -0.05) is 25.8 Å². The minimum absolute atomic E-state index is 0.985. The fourth-order valence-corrected chi connectivity index (χ4v) is 2.68. The quantitative estimate of drug-likeness (QED) is 0.740. The van der Waals surface area contributed by atoms with E-state index in [2.05, 4.69) is 45.5 Å². The second-order valence-corrected chi connectivity index (χ2v) is 5.33. The van der Waals surface area contributed by atoms with E-state index in [1.807, 2.05) is 6.20 Å². The van der Waals surface area contributed by atoms with E-state index >= 15 is 0 Å². The van der Waals surface area contributed by atoms with Crippen LogP contribution in [0.2, 0.25) is 0 Å². The smallest absolute Gasteiger partial charge is 0.150 e. The van der Waals surface area contributed by atoms with Gasteiger partial charge in [-0.3, -0.25) is 0 Å². The summed E-state index contributed by atoms with van der Waals surface area (Å²) in [6.45, 7) is 5.35. The van der Waals surface area contributed by atoms with Crippen LogP contribution in [0.25, 0.3) is 10.7 Å². The zero-order chi connectivity index (χ0) is 12.6. The molecule has 2 aromatic heterocycles. The molecule has 0 spiro atoms. The van der Waals surface area contributed by atoms with E-state index in [1.165, 1.54) is 24.1 Å². The van der Waals surface area contributed by atoms with Gasteiger partial charge in [0.25, 0.3) is 0 Å². The maximum absolute atomic E-state index is 4.43.